The fourth-order valence-electron chi connectivity index (χ4n) is 2.31. The fraction of sp³-hybridized carbons (Fsp3) is 0.190. The summed E-state index contributed by atoms with van der Waals surface area (Å²) in [4.78, 5) is 24.8. The molecule has 0 aliphatic heterocycles. The van der Waals surface area contributed by atoms with Gasteiger partial charge in [-0.3, -0.25) is 25.8 Å². The Kier molecular flexibility index (Phi) is 9.95. The molecule has 0 heterocycles. The summed E-state index contributed by atoms with van der Waals surface area (Å²) in [6, 6.07) is 11.6. The molecule has 8 nitrogen and oxygen atoms in total. The average Bonchev–Trinajstić information content (AvgIpc) is 2.77. The Morgan fingerprint density at radius 3 is 2.55 bits per heavy atom. The third-order valence-electron chi connectivity index (χ3n) is 3.74. The van der Waals surface area contributed by atoms with Gasteiger partial charge in [0.15, 0.2) is 5.11 Å². The molecule has 0 radical (unpaired) electrons. The van der Waals surface area contributed by atoms with Gasteiger partial charge in [-0.15, -0.1) is 0 Å². The molecule has 3 N–H and O–H groups in total. The number of amides is 2. The molecule has 0 unspecified atom stereocenters. The number of nitrogens with one attached hydrogen (secondary N) is 3. The van der Waals surface area contributed by atoms with Crippen LogP contribution in [0.2, 0.25) is 0 Å². The number of hydrogen-bond donors (Lipinski definition) is 3. The van der Waals surface area contributed by atoms with Gasteiger partial charge in [0.05, 0.1) is 16.6 Å². The molecule has 0 aliphatic carbocycles. The van der Waals surface area contributed by atoms with Gasteiger partial charge in [-0.1, -0.05) is 24.8 Å². The summed E-state index contributed by atoms with van der Waals surface area (Å²) in [5.74, 6) is 0.0513. The third kappa shape index (κ3) is 7.67. The highest BCUT2D eigenvalue weighted by Gasteiger charge is 2.14. The van der Waals surface area contributed by atoms with E-state index in [2.05, 4.69) is 38.7 Å². The SMILES string of the molecule is C=CCOc1ccccc1C(=O)NNC(=S)NC(=O)c1ccc(OCCOC)c(Br)c1. The lowest BCUT2D eigenvalue weighted by Crippen LogP contribution is -2.48. The van der Waals surface area contributed by atoms with E-state index in [1.54, 1.807) is 55.7 Å². The minimum Gasteiger partial charge on any atom is -0.490 e. The van der Waals surface area contributed by atoms with E-state index in [0.29, 0.717) is 40.3 Å². The Morgan fingerprint density at radius 1 is 1.06 bits per heavy atom. The Morgan fingerprint density at radius 2 is 1.84 bits per heavy atom. The highest BCUT2D eigenvalue weighted by molar-refractivity contribution is 9.10. The Balaban J connectivity index is 1.90. The van der Waals surface area contributed by atoms with Gasteiger partial charge in [0.25, 0.3) is 11.8 Å². The fourth-order valence-corrected chi connectivity index (χ4v) is 2.95. The Hall–Kier alpha value is -2.95. The second-order valence-corrected chi connectivity index (χ2v) is 7.21. The predicted octanol–water partition coefficient (Wildman–Crippen LogP) is 2.99. The molecular formula is C21H22BrN3O5S. The summed E-state index contributed by atoms with van der Waals surface area (Å²) in [5, 5.41) is 2.42. The standard InChI is InChI=1S/C21H22BrN3O5S/c1-3-10-29-17-7-5-4-6-15(17)20(27)24-25-21(31)23-19(26)14-8-9-18(16(22)13-14)30-12-11-28-2/h3-9,13H,1,10-12H2,2H3,(H,24,27)(H2,23,25,26,31). The maximum atomic E-state index is 12.4. The van der Waals surface area contributed by atoms with E-state index in [4.69, 9.17) is 26.4 Å². The lowest BCUT2D eigenvalue weighted by atomic mass is 10.2. The first-order valence-electron chi connectivity index (χ1n) is 9.12. The molecule has 0 fully saturated rings. The lowest BCUT2D eigenvalue weighted by molar-refractivity contribution is 0.0931. The number of hydrazine groups is 1. The zero-order valence-corrected chi connectivity index (χ0v) is 19.2. The summed E-state index contributed by atoms with van der Waals surface area (Å²) in [7, 11) is 1.58. The molecule has 2 aromatic carbocycles. The quantitative estimate of drug-likeness (QED) is 0.207. The summed E-state index contributed by atoms with van der Waals surface area (Å²) in [6.07, 6.45) is 1.58. The number of para-hydroxylation sites is 1. The van der Waals surface area contributed by atoms with Crippen molar-refractivity contribution in [2.45, 2.75) is 0 Å². The van der Waals surface area contributed by atoms with Crippen LogP contribution in [0.25, 0.3) is 0 Å². The second-order valence-electron chi connectivity index (χ2n) is 5.94. The van der Waals surface area contributed by atoms with Crippen LogP contribution in [-0.4, -0.2) is 43.9 Å². The maximum absolute atomic E-state index is 12.4. The number of methoxy groups -OCH3 is 1. The van der Waals surface area contributed by atoms with E-state index < -0.39 is 11.8 Å². The maximum Gasteiger partial charge on any atom is 0.273 e. The monoisotopic (exact) mass is 507 g/mol. The minimum atomic E-state index is -0.475. The molecule has 0 saturated carbocycles. The van der Waals surface area contributed by atoms with Gasteiger partial charge in [0.2, 0.25) is 0 Å². The van der Waals surface area contributed by atoms with Crippen molar-refractivity contribution in [2.24, 2.45) is 0 Å². The number of benzene rings is 2. The van der Waals surface area contributed by atoms with Crippen LogP contribution in [0.3, 0.4) is 0 Å². The van der Waals surface area contributed by atoms with Crippen LogP contribution in [0.1, 0.15) is 20.7 Å². The lowest BCUT2D eigenvalue weighted by Gasteiger charge is -2.13. The Labute approximate surface area is 194 Å². The molecule has 2 amide bonds. The van der Waals surface area contributed by atoms with Gasteiger partial charge >= 0.3 is 0 Å². The minimum absolute atomic E-state index is 0.0700. The molecule has 0 atom stereocenters. The summed E-state index contributed by atoms with van der Waals surface area (Å²) in [5.41, 5.74) is 5.59. The van der Waals surface area contributed by atoms with Crippen LogP contribution < -0.4 is 25.6 Å². The van der Waals surface area contributed by atoms with Crippen molar-refractivity contribution in [3.8, 4) is 11.5 Å². The second kappa shape index (κ2) is 12.7. The van der Waals surface area contributed by atoms with Crippen LogP contribution in [0.4, 0.5) is 0 Å². The molecule has 2 rings (SSSR count). The van der Waals surface area contributed by atoms with E-state index in [9.17, 15) is 9.59 Å². The third-order valence-corrected chi connectivity index (χ3v) is 4.57. The molecule has 0 aromatic heterocycles. The smallest absolute Gasteiger partial charge is 0.273 e. The van der Waals surface area contributed by atoms with Gasteiger partial charge in [-0.25, -0.2) is 0 Å². The first-order valence-corrected chi connectivity index (χ1v) is 10.3. The van der Waals surface area contributed by atoms with E-state index in [1.165, 1.54) is 0 Å². The van der Waals surface area contributed by atoms with Gasteiger partial charge in [0, 0.05) is 12.7 Å². The molecule has 31 heavy (non-hydrogen) atoms. The van der Waals surface area contributed by atoms with Gasteiger partial charge in [0.1, 0.15) is 24.7 Å². The summed E-state index contributed by atoms with van der Waals surface area (Å²) >= 11 is 8.44. The highest BCUT2D eigenvalue weighted by Crippen LogP contribution is 2.26. The van der Waals surface area contributed by atoms with E-state index in [1.807, 2.05) is 0 Å². The van der Waals surface area contributed by atoms with Crippen molar-refractivity contribution in [2.75, 3.05) is 26.9 Å². The van der Waals surface area contributed by atoms with Crippen LogP contribution in [-0.2, 0) is 4.74 Å². The molecule has 164 valence electrons. The van der Waals surface area contributed by atoms with Gasteiger partial charge in [-0.05, 0) is 58.5 Å². The Bertz CT molecular complexity index is 954. The average molecular weight is 508 g/mol. The summed E-state index contributed by atoms with van der Waals surface area (Å²) in [6.45, 7) is 4.68. The van der Waals surface area contributed by atoms with Crippen molar-refractivity contribution >= 4 is 45.1 Å². The van der Waals surface area contributed by atoms with Crippen LogP contribution >= 0.6 is 28.1 Å². The number of rotatable bonds is 9. The van der Waals surface area contributed by atoms with Gasteiger partial charge in [-0.2, -0.15) is 0 Å². The number of ether oxygens (including phenoxy) is 3. The van der Waals surface area contributed by atoms with E-state index in [-0.39, 0.29) is 11.7 Å². The van der Waals surface area contributed by atoms with Crippen molar-refractivity contribution in [1.29, 1.82) is 0 Å². The number of hydrogen-bond acceptors (Lipinski definition) is 6. The number of halogens is 1. The van der Waals surface area contributed by atoms with Gasteiger partial charge < -0.3 is 14.2 Å². The number of carbonyl (C=O) groups excluding carboxylic acids is 2. The van der Waals surface area contributed by atoms with Crippen molar-refractivity contribution < 1.29 is 23.8 Å². The molecule has 0 spiro atoms. The first-order chi connectivity index (χ1) is 15.0. The van der Waals surface area contributed by atoms with Crippen molar-refractivity contribution in [3.05, 3.63) is 70.7 Å². The predicted molar refractivity (Wildman–Crippen MR) is 124 cm³/mol. The van der Waals surface area contributed by atoms with Crippen molar-refractivity contribution in [3.63, 3.8) is 0 Å². The molecular weight excluding hydrogens is 486 g/mol. The topological polar surface area (TPSA) is 97.9 Å². The molecule has 0 bridgehead atoms. The molecule has 2 aromatic rings. The zero-order chi connectivity index (χ0) is 22.6. The molecule has 0 aliphatic rings. The largest absolute Gasteiger partial charge is 0.490 e. The van der Waals surface area contributed by atoms with Crippen molar-refractivity contribution in [1.82, 2.24) is 16.2 Å². The summed E-state index contributed by atoms with van der Waals surface area (Å²) < 4.78 is 16.5. The molecule has 10 heteroatoms. The zero-order valence-electron chi connectivity index (χ0n) is 16.8. The van der Waals surface area contributed by atoms with Crippen LogP contribution in [0.15, 0.2) is 59.6 Å². The normalized spacial score (nSPS) is 10.0. The highest BCUT2D eigenvalue weighted by atomic mass is 79.9. The van der Waals surface area contributed by atoms with E-state index >= 15 is 0 Å². The van der Waals surface area contributed by atoms with E-state index in [0.717, 1.165) is 0 Å². The molecule has 0 saturated heterocycles. The number of thiocarbonyl (C=S) groups is 1. The number of carbonyl (C=O) groups is 2. The van der Waals surface area contributed by atoms with Crippen LogP contribution in [0, 0.1) is 0 Å². The first kappa shape index (κ1) is 24.3. The van der Waals surface area contributed by atoms with Crippen LogP contribution in [0.5, 0.6) is 11.5 Å².